The number of hydrogen-bond acceptors (Lipinski definition) is 4. The largest absolute Gasteiger partial charge is 0.481 e. The molecule has 1 aliphatic rings. The predicted molar refractivity (Wildman–Crippen MR) is 44.0 cm³/mol. The molecule has 0 saturated carbocycles. The highest BCUT2D eigenvalue weighted by Crippen LogP contribution is 2.12. The first kappa shape index (κ1) is 10.1. The zero-order chi connectivity index (χ0) is 9.84. The van der Waals surface area contributed by atoms with Gasteiger partial charge < -0.3 is 5.11 Å². The summed E-state index contributed by atoms with van der Waals surface area (Å²) in [5.74, 6) is -1.08. The number of carbonyl (C=O) groups excluding carboxylic acids is 1. The van der Waals surface area contributed by atoms with Gasteiger partial charge in [-0.25, -0.2) is 0 Å². The van der Waals surface area contributed by atoms with E-state index in [9.17, 15) is 9.59 Å². The van der Waals surface area contributed by atoms with E-state index in [-0.39, 0.29) is 18.3 Å². The van der Waals surface area contributed by atoms with Crippen LogP contribution in [-0.2, 0) is 14.4 Å². The summed E-state index contributed by atoms with van der Waals surface area (Å²) < 4.78 is 0. The third-order valence-corrected chi connectivity index (χ3v) is 2.03. The molecule has 1 fully saturated rings. The fraction of sp³-hybridized carbons (Fsp3) is 0.750. The van der Waals surface area contributed by atoms with Gasteiger partial charge in [-0.3, -0.25) is 14.4 Å². The Morgan fingerprint density at radius 1 is 1.77 bits per heavy atom. The van der Waals surface area contributed by atoms with Crippen LogP contribution in [0, 0.1) is 0 Å². The zero-order valence-electron chi connectivity index (χ0n) is 7.45. The van der Waals surface area contributed by atoms with Crippen LogP contribution in [0.5, 0.6) is 0 Å². The van der Waals surface area contributed by atoms with E-state index in [2.05, 4.69) is 5.48 Å². The Bertz CT molecular complexity index is 216. The van der Waals surface area contributed by atoms with Gasteiger partial charge in [0.1, 0.15) is 6.04 Å². The van der Waals surface area contributed by atoms with Gasteiger partial charge in [0, 0.05) is 6.42 Å². The molecule has 1 saturated heterocycles. The summed E-state index contributed by atoms with van der Waals surface area (Å²) in [6, 6.07) is -0.680. The molecule has 0 amide bonds. The van der Waals surface area contributed by atoms with Crippen LogP contribution in [0.2, 0.25) is 0 Å². The summed E-state index contributed by atoms with van der Waals surface area (Å²) in [6.45, 7) is 1.91. The predicted octanol–water partition coefficient (Wildman–Crippen LogP) is 0.102. The molecule has 0 spiro atoms. The van der Waals surface area contributed by atoms with Crippen LogP contribution in [0.3, 0.4) is 0 Å². The van der Waals surface area contributed by atoms with E-state index in [4.69, 9.17) is 9.94 Å². The molecule has 5 nitrogen and oxygen atoms in total. The Hall–Kier alpha value is -0.940. The van der Waals surface area contributed by atoms with Crippen molar-refractivity contribution in [2.24, 2.45) is 0 Å². The van der Waals surface area contributed by atoms with Crippen LogP contribution in [0.1, 0.15) is 26.2 Å². The van der Waals surface area contributed by atoms with Gasteiger partial charge in [0.05, 0.1) is 12.5 Å². The van der Waals surface area contributed by atoms with Crippen LogP contribution < -0.4 is 5.48 Å². The number of carboxylic acids is 1. The van der Waals surface area contributed by atoms with Crippen molar-refractivity contribution in [1.29, 1.82) is 0 Å². The number of carbonyl (C=O) groups is 2. The van der Waals surface area contributed by atoms with Crippen molar-refractivity contribution < 1.29 is 19.5 Å². The van der Waals surface area contributed by atoms with Crippen molar-refractivity contribution in [2.45, 2.75) is 38.3 Å². The Balaban J connectivity index is 2.44. The second kappa shape index (κ2) is 4.34. The summed E-state index contributed by atoms with van der Waals surface area (Å²) in [5, 5.41) is 8.46. The van der Waals surface area contributed by atoms with E-state index in [0.717, 1.165) is 6.42 Å². The number of aliphatic carboxylic acids is 1. The molecule has 2 atom stereocenters. The Labute approximate surface area is 76.0 Å². The molecule has 1 heterocycles. The lowest BCUT2D eigenvalue weighted by Gasteiger charge is -2.26. The minimum Gasteiger partial charge on any atom is -0.481 e. The molecule has 0 radical (unpaired) electrons. The number of hydroxylamine groups is 1. The molecule has 0 unspecified atom stereocenters. The summed E-state index contributed by atoms with van der Waals surface area (Å²) >= 11 is 0. The lowest BCUT2D eigenvalue weighted by atomic mass is 10.0. The van der Waals surface area contributed by atoms with Gasteiger partial charge in [-0.2, -0.15) is 5.48 Å². The van der Waals surface area contributed by atoms with Crippen molar-refractivity contribution in [1.82, 2.24) is 5.48 Å². The minimum absolute atomic E-state index is 0.0829. The van der Waals surface area contributed by atoms with E-state index in [1.165, 1.54) is 0 Å². The van der Waals surface area contributed by atoms with Crippen LogP contribution in [0.15, 0.2) is 0 Å². The molecule has 74 valence electrons. The second-order valence-corrected chi connectivity index (χ2v) is 3.09. The maximum absolute atomic E-state index is 11.3. The fourth-order valence-electron chi connectivity index (χ4n) is 1.21. The maximum Gasteiger partial charge on any atom is 0.305 e. The summed E-state index contributed by atoms with van der Waals surface area (Å²) in [6.07, 6.45) is 0.729. The molecule has 0 aliphatic carbocycles. The molecule has 0 bridgehead atoms. The summed E-state index contributed by atoms with van der Waals surface area (Å²) in [4.78, 5) is 26.7. The number of ketones is 1. The maximum atomic E-state index is 11.3. The first-order chi connectivity index (χ1) is 6.13. The SMILES string of the molecule is CC[C@H]1CC(=O)[C@H](CC(=O)O)NO1. The van der Waals surface area contributed by atoms with Crippen LogP contribution in [0.4, 0.5) is 0 Å². The number of nitrogens with one attached hydrogen (secondary N) is 1. The minimum atomic E-state index is -0.996. The van der Waals surface area contributed by atoms with Gasteiger partial charge in [0.2, 0.25) is 0 Å². The Morgan fingerprint density at radius 2 is 2.46 bits per heavy atom. The normalized spacial score (nSPS) is 28.8. The standard InChI is InChI=1S/C8H13NO4/c1-2-5-3-7(10)6(9-13-5)4-8(11)12/h5-6,9H,2-4H2,1H3,(H,11,12)/t5-,6-/m0/s1. The average Bonchev–Trinajstić information content (AvgIpc) is 2.08. The number of hydrogen-bond donors (Lipinski definition) is 2. The van der Waals surface area contributed by atoms with Crippen molar-refractivity contribution >= 4 is 11.8 Å². The van der Waals surface area contributed by atoms with E-state index in [1.807, 2.05) is 6.92 Å². The molecule has 13 heavy (non-hydrogen) atoms. The van der Waals surface area contributed by atoms with Crippen LogP contribution in [0.25, 0.3) is 0 Å². The van der Waals surface area contributed by atoms with Crippen molar-refractivity contribution in [3.8, 4) is 0 Å². The van der Waals surface area contributed by atoms with Gasteiger partial charge in [-0.15, -0.1) is 0 Å². The van der Waals surface area contributed by atoms with E-state index in [1.54, 1.807) is 0 Å². The number of carboxylic acid groups (broad SMARTS) is 1. The first-order valence-electron chi connectivity index (χ1n) is 4.29. The smallest absolute Gasteiger partial charge is 0.305 e. The third kappa shape index (κ3) is 2.78. The topological polar surface area (TPSA) is 75.6 Å². The van der Waals surface area contributed by atoms with E-state index >= 15 is 0 Å². The van der Waals surface area contributed by atoms with Gasteiger partial charge in [-0.1, -0.05) is 6.92 Å². The summed E-state index contributed by atoms with van der Waals surface area (Å²) in [5.41, 5.74) is 2.47. The highest BCUT2D eigenvalue weighted by atomic mass is 16.7. The quantitative estimate of drug-likeness (QED) is 0.655. The molecular weight excluding hydrogens is 174 g/mol. The van der Waals surface area contributed by atoms with Gasteiger partial charge in [0.15, 0.2) is 5.78 Å². The molecule has 0 aromatic heterocycles. The molecule has 2 N–H and O–H groups in total. The molecular formula is C8H13NO4. The van der Waals surface area contributed by atoms with Gasteiger partial charge in [0.25, 0.3) is 0 Å². The molecule has 0 aromatic carbocycles. The molecule has 5 heteroatoms. The first-order valence-corrected chi connectivity index (χ1v) is 4.29. The molecule has 1 rings (SSSR count). The van der Waals surface area contributed by atoms with Crippen LogP contribution >= 0.6 is 0 Å². The van der Waals surface area contributed by atoms with Gasteiger partial charge in [-0.05, 0) is 6.42 Å². The lowest BCUT2D eigenvalue weighted by Crippen LogP contribution is -2.47. The second-order valence-electron chi connectivity index (χ2n) is 3.09. The highest BCUT2D eigenvalue weighted by Gasteiger charge is 2.29. The van der Waals surface area contributed by atoms with E-state index < -0.39 is 12.0 Å². The Kier molecular flexibility index (Phi) is 3.39. The monoisotopic (exact) mass is 187 g/mol. The molecule has 1 aliphatic heterocycles. The van der Waals surface area contributed by atoms with Crippen LogP contribution in [-0.4, -0.2) is 29.0 Å². The summed E-state index contributed by atoms with van der Waals surface area (Å²) in [7, 11) is 0. The highest BCUT2D eigenvalue weighted by molar-refractivity contribution is 5.88. The zero-order valence-corrected chi connectivity index (χ0v) is 7.45. The van der Waals surface area contributed by atoms with Crippen molar-refractivity contribution in [3.63, 3.8) is 0 Å². The van der Waals surface area contributed by atoms with Crippen molar-refractivity contribution in [2.75, 3.05) is 0 Å². The van der Waals surface area contributed by atoms with Gasteiger partial charge >= 0.3 is 5.97 Å². The third-order valence-electron chi connectivity index (χ3n) is 2.03. The Morgan fingerprint density at radius 3 is 2.92 bits per heavy atom. The average molecular weight is 187 g/mol. The number of Topliss-reactive ketones (excluding diaryl/α,β-unsaturated/α-hetero) is 1. The van der Waals surface area contributed by atoms with Crippen molar-refractivity contribution in [3.05, 3.63) is 0 Å². The molecule has 0 aromatic rings. The van der Waals surface area contributed by atoms with E-state index in [0.29, 0.717) is 6.42 Å². The lowest BCUT2D eigenvalue weighted by molar-refractivity contribution is -0.151. The number of rotatable bonds is 3. The fourth-order valence-corrected chi connectivity index (χ4v) is 1.21.